The molecule has 6 nitrogen and oxygen atoms in total. The third-order valence-corrected chi connectivity index (χ3v) is 6.19. The van der Waals surface area contributed by atoms with Crippen molar-refractivity contribution in [3.8, 4) is 5.75 Å². The van der Waals surface area contributed by atoms with Gasteiger partial charge < -0.3 is 19.4 Å². The molecule has 1 fully saturated rings. The topological polar surface area (TPSA) is 71.8 Å². The summed E-state index contributed by atoms with van der Waals surface area (Å²) in [6.45, 7) is 3.63. The number of benzene rings is 3. The quantitative estimate of drug-likeness (QED) is 0.399. The third-order valence-electron chi connectivity index (χ3n) is 6.19. The lowest BCUT2D eigenvalue weighted by molar-refractivity contribution is 0.0791. The number of fused-ring (bicyclic) bond motifs is 1. The molecule has 1 aromatic heterocycles. The Morgan fingerprint density at radius 1 is 0.941 bits per heavy atom. The molecule has 2 amide bonds. The molecule has 0 unspecified atom stereocenters. The molecule has 1 N–H and O–H groups in total. The highest BCUT2D eigenvalue weighted by Gasteiger charge is 2.22. The Labute approximate surface area is 198 Å². The molecule has 4 aromatic rings. The summed E-state index contributed by atoms with van der Waals surface area (Å²) >= 11 is 0. The fraction of sp³-hybridized carbons (Fsp3) is 0.214. The Hall–Kier alpha value is -4.06. The number of likely N-dealkylation sites (tertiary alicyclic amines) is 1. The lowest BCUT2D eigenvalue weighted by Crippen LogP contribution is -2.28. The smallest absolute Gasteiger partial charge is 0.291 e. The SMILES string of the molecule is Cc1c(NC(=O)c2ccc(COc3ccc4ccccc4c3)o2)cccc1C(=O)N1CCCC1. The van der Waals surface area contributed by atoms with E-state index in [9.17, 15) is 9.59 Å². The van der Waals surface area contributed by atoms with E-state index in [0.29, 0.717) is 17.0 Å². The van der Waals surface area contributed by atoms with E-state index in [-0.39, 0.29) is 24.2 Å². The van der Waals surface area contributed by atoms with E-state index in [1.807, 2.05) is 48.2 Å². The molecule has 5 rings (SSSR count). The van der Waals surface area contributed by atoms with E-state index in [1.165, 1.54) is 0 Å². The molecule has 0 aliphatic carbocycles. The van der Waals surface area contributed by atoms with Gasteiger partial charge in [0.25, 0.3) is 11.8 Å². The Kier molecular flexibility index (Phi) is 6.04. The Bertz CT molecular complexity index is 1350. The predicted molar refractivity (Wildman–Crippen MR) is 131 cm³/mol. The van der Waals surface area contributed by atoms with Crippen LogP contribution in [0.25, 0.3) is 10.8 Å². The van der Waals surface area contributed by atoms with Gasteiger partial charge in [-0.2, -0.15) is 0 Å². The minimum atomic E-state index is -0.370. The van der Waals surface area contributed by atoms with Crippen LogP contribution in [0, 0.1) is 6.92 Å². The van der Waals surface area contributed by atoms with Crippen molar-refractivity contribution in [3.05, 3.63) is 95.4 Å². The molecule has 3 aromatic carbocycles. The van der Waals surface area contributed by atoms with Gasteiger partial charge in [0.15, 0.2) is 5.76 Å². The van der Waals surface area contributed by atoms with Gasteiger partial charge in [-0.1, -0.05) is 36.4 Å². The van der Waals surface area contributed by atoms with Crippen molar-refractivity contribution in [2.75, 3.05) is 18.4 Å². The molecular formula is C28H26N2O4. The van der Waals surface area contributed by atoms with E-state index < -0.39 is 0 Å². The Morgan fingerprint density at radius 2 is 1.74 bits per heavy atom. The zero-order valence-electron chi connectivity index (χ0n) is 19.0. The molecule has 0 saturated carbocycles. The molecule has 1 aliphatic rings. The minimum absolute atomic E-state index is 0.0113. The second kappa shape index (κ2) is 9.43. The molecule has 172 valence electrons. The van der Waals surface area contributed by atoms with Crippen LogP contribution in [0.2, 0.25) is 0 Å². The van der Waals surface area contributed by atoms with Gasteiger partial charge in [0.05, 0.1) is 0 Å². The molecule has 0 bridgehead atoms. The summed E-state index contributed by atoms with van der Waals surface area (Å²) in [6.07, 6.45) is 2.07. The van der Waals surface area contributed by atoms with Gasteiger partial charge in [-0.3, -0.25) is 9.59 Å². The monoisotopic (exact) mass is 454 g/mol. The molecule has 0 spiro atoms. The third kappa shape index (κ3) is 4.53. The number of nitrogens with zero attached hydrogens (tertiary/aromatic N) is 1. The minimum Gasteiger partial charge on any atom is -0.486 e. The largest absolute Gasteiger partial charge is 0.486 e. The van der Waals surface area contributed by atoms with Crippen LogP contribution in [0.5, 0.6) is 5.75 Å². The zero-order chi connectivity index (χ0) is 23.5. The summed E-state index contributed by atoms with van der Waals surface area (Å²) in [6, 6.07) is 22.7. The number of ether oxygens (including phenoxy) is 1. The van der Waals surface area contributed by atoms with Crippen LogP contribution < -0.4 is 10.1 Å². The lowest BCUT2D eigenvalue weighted by Gasteiger charge is -2.18. The van der Waals surface area contributed by atoms with E-state index in [0.717, 1.165) is 48.0 Å². The number of carbonyl (C=O) groups is 2. The van der Waals surface area contributed by atoms with Crippen LogP contribution in [-0.2, 0) is 6.61 Å². The molecule has 34 heavy (non-hydrogen) atoms. The Morgan fingerprint density at radius 3 is 2.56 bits per heavy atom. The average molecular weight is 455 g/mol. The van der Waals surface area contributed by atoms with E-state index in [2.05, 4.69) is 11.4 Å². The number of amides is 2. The van der Waals surface area contributed by atoms with E-state index in [1.54, 1.807) is 30.3 Å². The second-order valence-corrected chi connectivity index (χ2v) is 8.50. The van der Waals surface area contributed by atoms with Crippen LogP contribution in [0.4, 0.5) is 5.69 Å². The predicted octanol–water partition coefficient (Wildman–Crippen LogP) is 5.81. The van der Waals surface area contributed by atoms with Crippen molar-refractivity contribution in [1.82, 2.24) is 4.90 Å². The molecule has 0 radical (unpaired) electrons. The normalized spacial score (nSPS) is 13.3. The standard InChI is InChI=1S/C28H26N2O4/c1-19-24(28(32)30-15-4-5-16-30)9-6-10-25(19)29-27(31)26-14-13-23(34-26)18-33-22-12-11-20-7-2-3-8-21(20)17-22/h2-3,6-14,17H,4-5,15-16,18H2,1H3,(H,29,31). The summed E-state index contributed by atoms with van der Waals surface area (Å²) in [4.78, 5) is 27.5. The number of carbonyl (C=O) groups excluding carboxylic acids is 2. The molecule has 6 heteroatoms. The maximum Gasteiger partial charge on any atom is 0.291 e. The summed E-state index contributed by atoms with van der Waals surface area (Å²) in [5.74, 6) is 1.11. The zero-order valence-corrected chi connectivity index (χ0v) is 19.0. The summed E-state index contributed by atoms with van der Waals surface area (Å²) < 4.78 is 11.6. The summed E-state index contributed by atoms with van der Waals surface area (Å²) in [5.41, 5.74) is 1.96. The molecule has 1 saturated heterocycles. The van der Waals surface area contributed by atoms with Crippen molar-refractivity contribution in [1.29, 1.82) is 0 Å². The first-order valence-electron chi connectivity index (χ1n) is 11.5. The highest BCUT2D eigenvalue weighted by molar-refractivity contribution is 6.04. The van der Waals surface area contributed by atoms with Crippen LogP contribution in [0.15, 0.2) is 77.2 Å². The average Bonchev–Trinajstić information content (AvgIpc) is 3.56. The van der Waals surface area contributed by atoms with E-state index in [4.69, 9.17) is 9.15 Å². The second-order valence-electron chi connectivity index (χ2n) is 8.50. The molecule has 1 aliphatic heterocycles. The number of furan rings is 1. The molecule has 0 atom stereocenters. The number of nitrogens with one attached hydrogen (secondary N) is 1. The maximum atomic E-state index is 12.8. The highest BCUT2D eigenvalue weighted by atomic mass is 16.5. The number of hydrogen-bond acceptors (Lipinski definition) is 4. The van der Waals surface area contributed by atoms with Gasteiger partial charge >= 0.3 is 0 Å². The van der Waals surface area contributed by atoms with Crippen LogP contribution in [0.3, 0.4) is 0 Å². The highest BCUT2D eigenvalue weighted by Crippen LogP contribution is 2.24. The first-order chi connectivity index (χ1) is 16.6. The van der Waals surface area contributed by atoms with Crippen LogP contribution in [-0.4, -0.2) is 29.8 Å². The van der Waals surface area contributed by atoms with Gasteiger partial charge in [-0.15, -0.1) is 0 Å². The number of rotatable bonds is 6. The molecular weight excluding hydrogens is 428 g/mol. The first-order valence-corrected chi connectivity index (χ1v) is 11.5. The maximum absolute atomic E-state index is 12.8. The van der Waals surface area contributed by atoms with Gasteiger partial charge in [-0.25, -0.2) is 0 Å². The van der Waals surface area contributed by atoms with Crippen molar-refractivity contribution >= 4 is 28.3 Å². The van der Waals surface area contributed by atoms with Crippen molar-refractivity contribution in [2.24, 2.45) is 0 Å². The van der Waals surface area contributed by atoms with Crippen LogP contribution >= 0.6 is 0 Å². The van der Waals surface area contributed by atoms with Gasteiger partial charge in [0.2, 0.25) is 0 Å². The van der Waals surface area contributed by atoms with Crippen LogP contribution in [0.1, 0.15) is 45.1 Å². The lowest BCUT2D eigenvalue weighted by atomic mass is 10.1. The van der Waals surface area contributed by atoms with Gasteiger partial charge in [0.1, 0.15) is 18.1 Å². The first kappa shape index (κ1) is 21.8. The summed E-state index contributed by atoms with van der Waals surface area (Å²) in [7, 11) is 0. The van der Waals surface area contributed by atoms with Crippen molar-refractivity contribution in [2.45, 2.75) is 26.4 Å². The Balaban J connectivity index is 1.24. The van der Waals surface area contributed by atoms with Gasteiger partial charge in [-0.05, 0) is 72.5 Å². The van der Waals surface area contributed by atoms with Gasteiger partial charge in [0, 0.05) is 24.3 Å². The van der Waals surface area contributed by atoms with Crippen molar-refractivity contribution < 1.29 is 18.7 Å². The van der Waals surface area contributed by atoms with E-state index >= 15 is 0 Å². The fourth-order valence-electron chi connectivity index (χ4n) is 4.27. The number of anilines is 1. The molecule has 2 heterocycles. The number of hydrogen-bond donors (Lipinski definition) is 1. The fourth-order valence-corrected chi connectivity index (χ4v) is 4.27. The summed E-state index contributed by atoms with van der Waals surface area (Å²) in [5, 5.41) is 5.12. The van der Waals surface area contributed by atoms with Crippen molar-refractivity contribution in [3.63, 3.8) is 0 Å².